The van der Waals surface area contributed by atoms with Gasteiger partial charge in [0.1, 0.15) is 5.75 Å². The van der Waals surface area contributed by atoms with Gasteiger partial charge in [0.05, 0.1) is 12.3 Å². The van der Waals surface area contributed by atoms with Gasteiger partial charge in [-0.2, -0.15) is 5.10 Å². The summed E-state index contributed by atoms with van der Waals surface area (Å²) in [4.78, 5) is 0. The minimum Gasteiger partial charge on any atom is -0.494 e. The van der Waals surface area contributed by atoms with E-state index < -0.39 is 0 Å². The van der Waals surface area contributed by atoms with E-state index in [2.05, 4.69) is 16.5 Å². The van der Waals surface area contributed by atoms with Crippen molar-refractivity contribution in [2.75, 3.05) is 13.7 Å². The third-order valence-corrected chi connectivity index (χ3v) is 3.12. The molecule has 1 unspecified atom stereocenters. The summed E-state index contributed by atoms with van der Waals surface area (Å²) < 4.78 is 7.53. The summed E-state index contributed by atoms with van der Waals surface area (Å²) in [5.74, 6) is 0.945. The molecule has 0 aliphatic rings. The van der Waals surface area contributed by atoms with Crippen molar-refractivity contribution in [3.63, 3.8) is 0 Å². The molecule has 1 N–H and O–H groups in total. The molecule has 1 aromatic heterocycles. The summed E-state index contributed by atoms with van der Waals surface area (Å²) >= 11 is 0. The van der Waals surface area contributed by atoms with Crippen LogP contribution in [0.4, 0.5) is 0 Å². The van der Waals surface area contributed by atoms with Crippen molar-refractivity contribution < 1.29 is 4.74 Å². The van der Waals surface area contributed by atoms with Crippen molar-refractivity contribution in [1.82, 2.24) is 15.1 Å². The fourth-order valence-corrected chi connectivity index (χ4v) is 2.20. The highest BCUT2D eigenvalue weighted by Crippen LogP contribution is 2.27. The monoisotopic (exact) mass is 259 g/mol. The number of para-hydroxylation sites is 1. The van der Waals surface area contributed by atoms with Gasteiger partial charge in [-0.1, -0.05) is 18.2 Å². The molecule has 0 aliphatic carbocycles. The van der Waals surface area contributed by atoms with Crippen LogP contribution in [0.15, 0.2) is 36.5 Å². The number of benzene rings is 1. The van der Waals surface area contributed by atoms with Gasteiger partial charge < -0.3 is 10.1 Å². The molecule has 0 bridgehead atoms. The van der Waals surface area contributed by atoms with Crippen LogP contribution in [0.1, 0.15) is 24.2 Å². The highest BCUT2D eigenvalue weighted by Gasteiger charge is 2.15. The number of nitrogens with zero attached hydrogens (tertiary/aromatic N) is 2. The van der Waals surface area contributed by atoms with E-state index in [1.807, 2.05) is 56.2 Å². The summed E-state index contributed by atoms with van der Waals surface area (Å²) in [7, 11) is 3.91. The van der Waals surface area contributed by atoms with Gasteiger partial charge in [0.25, 0.3) is 0 Å². The lowest BCUT2D eigenvalue weighted by atomic mass is 10.0. The summed E-state index contributed by atoms with van der Waals surface area (Å²) in [6, 6.07) is 10.4. The molecule has 0 saturated carbocycles. The Morgan fingerprint density at radius 3 is 2.74 bits per heavy atom. The van der Waals surface area contributed by atoms with Crippen molar-refractivity contribution in [3.05, 3.63) is 47.8 Å². The minimum absolute atomic E-state index is 0.206. The Bertz CT molecular complexity index is 522. The fraction of sp³-hybridized carbons (Fsp3) is 0.400. The molecular formula is C15H21N3O. The van der Waals surface area contributed by atoms with Crippen LogP contribution in [-0.4, -0.2) is 23.4 Å². The Morgan fingerprint density at radius 1 is 1.32 bits per heavy atom. The quantitative estimate of drug-likeness (QED) is 0.865. The first kappa shape index (κ1) is 13.6. The number of aromatic nitrogens is 2. The molecule has 0 saturated heterocycles. The highest BCUT2D eigenvalue weighted by molar-refractivity contribution is 5.36. The molecule has 4 nitrogen and oxygen atoms in total. The highest BCUT2D eigenvalue weighted by atomic mass is 16.5. The van der Waals surface area contributed by atoms with Gasteiger partial charge in [-0.15, -0.1) is 0 Å². The molecule has 1 aromatic carbocycles. The molecule has 2 aromatic rings. The van der Waals surface area contributed by atoms with Gasteiger partial charge in [-0.3, -0.25) is 4.68 Å². The van der Waals surface area contributed by atoms with E-state index in [0.717, 1.165) is 17.9 Å². The Balaban J connectivity index is 2.21. The number of likely N-dealkylation sites (N-methyl/N-ethyl adjacent to an activating group) is 1. The van der Waals surface area contributed by atoms with E-state index in [4.69, 9.17) is 4.74 Å². The van der Waals surface area contributed by atoms with Gasteiger partial charge in [-0.25, -0.2) is 0 Å². The van der Waals surface area contributed by atoms with Gasteiger partial charge in [0.2, 0.25) is 0 Å². The predicted molar refractivity (Wildman–Crippen MR) is 76.3 cm³/mol. The molecule has 1 atom stereocenters. The van der Waals surface area contributed by atoms with E-state index in [0.29, 0.717) is 6.61 Å². The van der Waals surface area contributed by atoms with E-state index in [9.17, 15) is 0 Å². The number of ether oxygens (including phenoxy) is 1. The van der Waals surface area contributed by atoms with Crippen LogP contribution in [0.2, 0.25) is 0 Å². The SMILES string of the molecule is CCOc1ccccc1C(Cc1ccn(C)n1)NC. The van der Waals surface area contributed by atoms with Crippen LogP contribution in [0.25, 0.3) is 0 Å². The Hall–Kier alpha value is -1.81. The topological polar surface area (TPSA) is 39.1 Å². The van der Waals surface area contributed by atoms with Crippen molar-refractivity contribution >= 4 is 0 Å². The maximum atomic E-state index is 5.70. The summed E-state index contributed by atoms with van der Waals surface area (Å²) in [6.45, 7) is 2.68. The maximum Gasteiger partial charge on any atom is 0.124 e. The first-order chi connectivity index (χ1) is 9.24. The summed E-state index contributed by atoms with van der Waals surface area (Å²) in [6.07, 6.45) is 2.82. The lowest BCUT2D eigenvalue weighted by molar-refractivity contribution is 0.332. The van der Waals surface area contributed by atoms with E-state index in [1.165, 1.54) is 5.56 Å². The summed E-state index contributed by atoms with van der Waals surface area (Å²) in [5, 5.41) is 7.78. The molecule has 1 heterocycles. The van der Waals surface area contributed by atoms with E-state index in [-0.39, 0.29) is 6.04 Å². The van der Waals surface area contributed by atoms with E-state index >= 15 is 0 Å². The largest absolute Gasteiger partial charge is 0.494 e. The lowest BCUT2D eigenvalue weighted by Gasteiger charge is -2.19. The maximum absolute atomic E-state index is 5.70. The third kappa shape index (κ3) is 3.35. The lowest BCUT2D eigenvalue weighted by Crippen LogP contribution is -2.20. The van der Waals surface area contributed by atoms with Crippen molar-refractivity contribution in [1.29, 1.82) is 0 Å². The van der Waals surface area contributed by atoms with Crippen LogP contribution in [0.5, 0.6) is 5.75 Å². The zero-order valence-electron chi connectivity index (χ0n) is 11.8. The second-order valence-electron chi connectivity index (χ2n) is 4.50. The normalized spacial score (nSPS) is 12.4. The number of hydrogen-bond acceptors (Lipinski definition) is 3. The van der Waals surface area contributed by atoms with Gasteiger partial charge >= 0.3 is 0 Å². The van der Waals surface area contributed by atoms with Crippen LogP contribution < -0.4 is 10.1 Å². The summed E-state index contributed by atoms with van der Waals surface area (Å²) in [5.41, 5.74) is 2.26. The molecule has 4 heteroatoms. The minimum atomic E-state index is 0.206. The molecular weight excluding hydrogens is 238 g/mol. The Kier molecular flexibility index (Phi) is 4.58. The third-order valence-electron chi connectivity index (χ3n) is 3.12. The van der Waals surface area contributed by atoms with Crippen LogP contribution >= 0.6 is 0 Å². The Labute approximate surface area is 114 Å². The molecule has 0 spiro atoms. The standard InChI is InChI=1S/C15H21N3O/c1-4-19-15-8-6-5-7-13(15)14(16-2)11-12-9-10-18(3)17-12/h5-10,14,16H,4,11H2,1-3H3. The molecule has 0 aliphatic heterocycles. The first-order valence-corrected chi connectivity index (χ1v) is 6.62. The fourth-order valence-electron chi connectivity index (χ4n) is 2.20. The zero-order valence-corrected chi connectivity index (χ0v) is 11.8. The molecule has 102 valence electrons. The van der Waals surface area contributed by atoms with Gasteiger partial charge in [0.15, 0.2) is 0 Å². The number of nitrogens with one attached hydrogen (secondary N) is 1. The van der Waals surface area contributed by atoms with Crippen molar-refractivity contribution in [2.24, 2.45) is 7.05 Å². The molecule has 0 radical (unpaired) electrons. The van der Waals surface area contributed by atoms with Crippen LogP contribution in [0.3, 0.4) is 0 Å². The van der Waals surface area contributed by atoms with Crippen LogP contribution in [-0.2, 0) is 13.5 Å². The second kappa shape index (κ2) is 6.38. The van der Waals surface area contributed by atoms with Crippen molar-refractivity contribution in [2.45, 2.75) is 19.4 Å². The van der Waals surface area contributed by atoms with Crippen LogP contribution in [0, 0.1) is 0 Å². The Morgan fingerprint density at radius 2 is 2.11 bits per heavy atom. The molecule has 2 rings (SSSR count). The first-order valence-electron chi connectivity index (χ1n) is 6.62. The molecule has 0 fully saturated rings. The number of aryl methyl sites for hydroxylation is 1. The van der Waals surface area contributed by atoms with Gasteiger partial charge in [0, 0.05) is 31.3 Å². The predicted octanol–water partition coefficient (Wildman–Crippen LogP) is 2.32. The van der Waals surface area contributed by atoms with E-state index in [1.54, 1.807) is 0 Å². The van der Waals surface area contributed by atoms with Crippen molar-refractivity contribution in [3.8, 4) is 5.75 Å². The second-order valence-corrected chi connectivity index (χ2v) is 4.50. The molecule has 0 amide bonds. The average molecular weight is 259 g/mol. The smallest absolute Gasteiger partial charge is 0.124 e. The van der Waals surface area contributed by atoms with Gasteiger partial charge in [-0.05, 0) is 26.1 Å². The zero-order chi connectivity index (χ0) is 13.7. The molecule has 19 heavy (non-hydrogen) atoms. The number of hydrogen-bond donors (Lipinski definition) is 1. The number of rotatable bonds is 6. The average Bonchev–Trinajstić information content (AvgIpc) is 2.83.